The van der Waals surface area contributed by atoms with E-state index in [-0.39, 0.29) is 11.5 Å². The van der Waals surface area contributed by atoms with E-state index in [1.54, 1.807) is 0 Å². The second-order valence-electron chi connectivity index (χ2n) is 5.92. The van der Waals surface area contributed by atoms with Crippen LogP contribution in [0.5, 0.6) is 0 Å². The van der Waals surface area contributed by atoms with Crippen molar-refractivity contribution in [2.75, 3.05) is 13.1 Å². The Morgan fingerprint density at radius 3 is 2.83 bits per heavy atom. The molecule has 2 N–H and O–H groups in total. The summed E-state index contributed by atoms with van der Waals surface area (Å²) in [6.07, 6.45) is 0.00384. The molecule has 0 aliphatic carbocycles. The molecule has 0 saturated carbocycles. The maximum Gasteiger partial charge on any atom is 0.407 e. The van der Waals surface area contributed by atoms with Gasteiger partial charge in [0.25, 0.3) is 5.56 Å². The Bertz CT molecular complexity index is 770. The quantitative estimate of drug-likeness (QED) is 0.888. The minimum absolute atomic E-state index is 0.0968. The second kappa shape index (κ2) is 6.24. The molecule has 120 valence electrons. The normalized spacial score (nSPS) is 17.4. The molecule has 3 rings (SSSR count). The Kier molecular flexibility index (Phi) is 4.14. The molecular formula is C17H19N3O3. The molecule has 0 spiro atoms. The number of carbonyl (C=O) groups is 1. The molecule has 23 heavy (non-hydrogen) atoms. The number of hydrogen-bond acceptors (Lipinski definition) is 3. The van der Waals surface area contributed by atoms with Gasteiger partial charge in [-0.05, 0) is 12.0 Å². The average Bonchev–Trinajstić information content (AvgIpc) is 2.69. The van der Waals surface area contributed by atoms with Crippen molar-refractivity contribution < 1.29 is 9.90 Å². The van der Waals surface area contributed by atoms with Crippen molar-refractivity contribution in [3.63, 3.8) is 0 Å². The van der Waals surface area contributed by atoms with Gasteiger partial charge in [-0.15, -0.1) is 0 Å². The largest absolute Gasteiger partial charge is 0.465 e. The van der Waals surface area contributed by atoms with Gasteiger partial charge in [-0.3, -0.25) is 4.79 Å². The summed E-state index contributed by atoms with van der Waals surface area (Å²) < 4.78 is 0. The fraction of sp³-hybridized carbons (Fsp3) is 0.353. The lowest BCUT2D eigenvalue weighted by atomic mass is 10.0. The van der Waals surface area contributed by atoms with Crippen molar-refractivity contribution in [1.82, 2.24) is 14.9 Å². The van der Waals surface area contributed by atoms with Gasteiger partial charge < -0.3 is 15.0 Å². The molecule has 0 saturated heterocycles. The molecule has 2 heterocycles. The number of nitrogens with zero attached hydrogens (tertiary/aromatic N) is 2. The Morgan fingerprint density at radius 2 is 2.13 bits per heavy atom. The maximum atomic E-state index is 12.4. The van der Waals surface area contributed by atoms with E-state index in [1.807, 2.05) is 37.3 Å². The molecule has 0 fully saturated rings. The highest BCUT2D eigenvalue weighted by Crippen LogP contribution is 2.21. The van der Waals surface area contributed by atoms with Crippen LogP contribution in [0.3, 0.4) is 0 Å². The highest BCUT2D eigenvalue weighted by molar-refractivity contribution is 5.65. The molecule has 0 radical (unpaired) electrons. The zero-order valence-corrected chi connectivity index (χ0v) is 13.0. The standard InChI is InChI=1S/C17H19N3O3/c1-11-10-20(17(22)23)8-7-13-15(11)18-14(19-16(13)21)9-12-5-3-2-4-6-12/h2-6,11H,7-10H2,1H3,(H,22,23)(H,18,19,21). The molecule has 1 atom stereocenters. The highest BCUT2D eigenvalue weighted by atomic mass is 16.4. The number of aromatic nitrogens is 2. The lowest BCUT2D eigenvalue weighted by Gasteiger charge is -2.19. The topological polar surface area (TPSA) is 86.3 Å². The van der Waals surface area contributed by atoms with Crippen LogP contribution in [0.25, 0.3) is 0 Å². The first kappa shape index (κ1) is 15.3. The molecule has 6 nitrogen and oxygen atoms in total. The van der Waals surface area contributed by atoms with Crippen LogP contribution < -0.4 is 5.56 Å². The van der Waals surface area contributed by atoms with E-state index in [1.165, 1.54) is 4.90 Å². The molecule has 2 aromatic rings. The van der Waals surface area contributed by atoms with Gasteiger partial charge in [-0.25, -0.2) is 9.78 Å². The zero-order valence-electron chi connectivity index (χ0n) is 13.0. The molecule has 1 aliphatic rings. The first-order valence-electron chi connectivity index (χ1n) is 7.68. The van der Waals surface area contributed by atoms with E-state index in [0.717, 1.165) is 11.3 Å². The number of hydrogen-bond donors (Lipinski definition) is 2. The minimum Gasteiger partial charge on any atom is -0.465 e. The molecular weight excluding hydrogens is 294 g/mol. The second-order valence-corrected chi connectivity index (χ2v) is 5.92. The van der Waals surface area contributed by atoms with Crippen LogP contribution >= 0.6 is 0 Å². The van der Waals surface area contributed by atoms with E-state index in [2.05, 4.69) is 9.97 Å². The zero-order chi connectivity index (χ0) is 16.4. The Morgan fingerprint density at radius 1 is 1.39 bits per heavy atom. The monoisotopic (exact) mass is 313 g/mol. The number of benzene rings is 1. The van der Waals surface area contributed by atoms with Crippen LogP contribution in [-0.2, 0) is 12.8 Å². The third-order valence-corrected chi connectivity index (χ3v) is 4.17. The SMILES string of the molecule is CC1CN(C(=O)O)CCc2c1nc(Cc1ccccc1)[nH]c2=O. The summed E-state index contributed by atoms with van der Waals surface area (Å²) in [4.78, 5) is 32.4. The molecule has 0 bridgehead atoms. The average molecular weight is 313 g/mol. The smallest absolute Gasteiger partial charge is 0.407 e. The van der Waals surface area contributed by atoms with E-state index < -0.39 is 6.09 Å². The molecule has 1 aliphatic heterocycles. The van der Waals surface area contributed by atoms with E-state index in [4.69, 9.17) is 0 Å². The highest BCUT2D eigenvalue weighted by Gasteiger charge is 2.26. The van der Waals surface area contributed by atoms with Crippen LogP contribution in [0, 0.1) is 0 Å². The first-order chi connectivity index (χ1) is 11.0. The summed E-state index contributed by atoms with van der Waals surface area (Å²) in [6, 6.07) is 9.82. The summed E-state index contributed by atoms with van der Waals surface area (Å²) in [5.41, 5.74) is 2.26. The number of rotatable bonds is 2. The van der Waals surface area contributed by atoms with Gasteiger partial charge in [0.05, 0.1) is 5.69 Å². The van der Waals surface area contributed by atoms with Crippen molar-refractivity contribution in [2.24, 2.45) is 0 Å². The van der Waals surface area contributed by atoms with Crippen molar-refractivity contribution >= 4 is 6.09 Å². The van der Waals surface area contributed by atoms with Gasteiger partial charge in [0.15, 0.2) is 0 Å². The van der Waals surface area contributed by atoms with Gasteiger partial charge in [-0.2, -0.15) is 0 Å². The van der Waals surface area contributed by atoms with Crippen molar-refractivity contribution in [1.29, 1.82) is 0 Å². The Labute approximate surface area is 133 Å². The predicted octanol–water partition coefficient (Wildman–Crippen LogP) is 2.00. The summed E-state index contributed by atoms with van der Waals surface area (Å²) in [5.74, 6) is 0.524. The van der Waals surface area contributed by atoms with Gasteiger partial charge in [0.2, 0.25) is 0 Å². The van der Waals surface area contributed by atoms with Crippen LogP contribution in [-0.4, -0.2) is 39.2 Å². The molecule has 1 aromatic carbocycles. The number of nitrogens with one attached hydrogen (secondary N) is 1. The van der Waals surface area contributed by atoms with E-state index in [0.29, 0.717) is 37.3 Å². The number of carboxylic acid groups (broad SMARTS) is 1. The summed E-state index contributed by atoms with van der Waals surface area (Å²) in [6.45, 7) is 2.61. The van der Waals surface area contributed by atoms with Crippen molar-refractivity contribution in [3.8, 4) is 0 Å². The lowest BCUT2D eigenvalue weighted by molar-refractivity contribution is 0.144. The molecule has 1 amide bonds. The molecule has 1 unspecified atom stereocenters. The van der Waals surface area contributed by atoms with Gasteiger partial charge in [-0.1, -0.05) is 37.3 Å². The van der Waals surface area contributed by atoms with E-state index in [9.17, 15) is 14.7 Å². The third kappa shape index (κ3) is 3.26. The molecule has 1 aromatic heterocycles. The number of aromatic amines is 1. The Balaban J connectivity index is 1.94. The Hall–Kier alpha value is -2.63. The number of fused-ring (bicyclic) bond motifs is 1. The van der Waals surface area contributed by atoms with Gasteiger partial charge in [0, 0.05) is 31.0 Å². The minimum atomic E-state index is -0.953. The predicted molar refractivity (Wildman–Crippen MR) is 85.8 cm³/mol. The summed E-state index contributed by atoms with van der Waals surface area (Å²) in [7, 11) is 0. The van der Waals surface area contributed by atoms with Gasteiger partial charge >= 0.3 is 6.09 Å². The first-order valence-corrected chi connectivity index (χ1v) is 7.68. The third-order valence-electron chi connectivity index (χ3n) is 4.17. The van der Waals surface area contributed by atoms with Crippen LogP contribution in [0.4, 0.5) is 4.79 Å². The van der Waals surface area contributed by atoms with Crippen LogP contribution in [0.1, 0.15) is 35.5 Å². The van der Waals surface area contributed by atoms with Crippen LogP contribution in [0.2, 0.25) is 0 Å². The van der Waals surface area contributed by atoms with Crippen LogP contribution in [0.15, 0.2) is 35.1 Å². The van der Waals surface area contributed by atoms with Gasteiger partial charge in [0.1, 0.15) is 5.82 Å². The fourth-order valence-corrected chi connectivity index (χ4v) is 3.01. The van der Waals surface area contributed by atoms with Crippen molar-refractivity contribution in [3.05, 3.63) is 63.3 Å². The number of amides is 1. The summed E-state index contributed by atoms with van der Waals surface area (Å²) in [5, 5.41) is 9.20. The lowest BCUT2D eigenvalue weighted by Crippen LogP contribution is -2.32. The van der Waals surface area contributed by atoms with Crippen molar-refractivity contribution in [2.45, 2.75) is 25.7 Å². The maximum absolute atomic E-state index is 12.4. The van der Waals surface area contributed by atoms with E-state index >= 15 is 0 Å². The fourth-order valence-electron chi connectivity index (χ4n) is 3.01. The molecule has 6 heteroatoms. The summed E-state index contributed by atoms with van der Waals surface area (Å²) >= 11 is 0. The number of H-pyrrole nitrogens is 1.